The molecule has 0 fully saturated rings. The second-order valence-corrected chi connectivity index (χ2v) is 3.71. The zero-order chi connectivity index (χ0) is 8.20. The van der Waals surface area contributed by atoms with Crippen LogP contribution in [0.15, 0.2) is 0 Å². The average Bonchev–Trinajstić information content (AvgIpc) is 1.81. The van der Waals surface area contributed by atoms with Gasteiger partial charge in [-0.25, -0.2) is 0 Å². The first-order valence-corrected chi connectivity index (χ1v) is 4.70. The van der Waals surface area contributed by atoms with Crippen molar-refractivity contribution in [2.24, 2.45) is 0 Å². The molecule has 0 saturated carbocycles. The second kappa shape index (κ2) is 3.90. The van der Waals surface area contributed by atoms with Crippen molar-refractivity contribution in [1.82, 2.24) is 0 Å². The number of rotatable bonds is 4. The summed E-state index contributed by atoms with van der Waals surface area (Å²) >= 11 is 0. The van der Waals surface area contributed by atoms with Crippen LogP contribution in [-0.4, -0.2) is 29.9 Å². The largest absolute Gasteiger partial charge is 0.393 e. The van der Waals surface area contributed by atoms with Crippen LogP contribution >= 0.6 is 0 Å². The summed E-state index contributed by atoms with van der Waals surface area (Å²) in [4.78, 5) is 0. The Morgan fingerprint density at radius 3 is 2.30 bits per heavy atom. The second-order valence-electron chi connectivity index (χ2n) is 2.14. The van der Waals surface area contributed by atoms with Gasteiger partial charge in [0.25, 0.3) is 10.1 Å². The van der Waals surface area contributed by atoms with Gasteiger partial charge in [-0.05, 0) is 12.8 Å². The van der Waals surface area contributed by atoms with E-state index in [1.54, 1.807) is 6.92 Å². The molecule has 0 aliphatic rings. The minimum Gasteiger partial charge on any atom is -0.393 e. The van der Waals surface area contributed by atoms with Crippen molar-refractivity contribution in [2.45, 2.75) is 25.9 Å². The van der Waals surface area contributed by atoms with Crippen molar-refractivity contribution in [2.75, 3.05) is 5.75 Å². The SMILES string of the molecule is CCC(O)CCS(=O)(=O)O. The Labute approximate surface area is 60.6 Å². The van der Waals surface area contributed by atoms with Crippen molar-refractivity contribution in [3.8, 4) is 0 Å². The van der Waals surface area contributed by atoms with E-state index in [4.69, 9.17) is 9.66 Å². The standard InChI is InChI=1S/C5H12O4S/c1-2-5(6)3-4-10(7,8)9/h5-6H,2-4H2,1H3,(H,7,8,9). The molecular formula is C5H12O4S. The zero-order valence-corrected chi connectivity index (χ0v) is 6.63. The lowest BCUT2D eigenvalue weighted by molar-refractivity contribution is 0.166. The maximum absolute atomic E-state index is 10.1. The van der Waals surface area contributed by atoms with Gasteiger partial charge in [-0.15, -0.1) is 0 Å². The van der Waals surface area contributed by atoms with Crippen LogP contribution in [0.5, 0.6) is 0 Å². The summed E-state index contributed by atoms with van der Waals surface area (Å²) in [6.07, 6.45) is -0.00729. The first-order valence-electron chi connectivity index (χ1n) is 3.09. The number of hydrogen-bond donors (Lipinski definition) is 2. The molecule has 0 bridgehead atoms. The van der Waals surface area contributed by atoms with Crippen molar-refractivity contribution < 1.29 is 18.1 Å². The Morgan fingerprint density at radius 1 is 1.50 bits per heavy atom. The molecule has 0 rings (SSSR count). The van der Waals surface area contributed by atoms with Gasteiger partial charge >= 0.3 is 0 Å². The van der Waals surface area contributed by atoms with Gasteiger partial charge in [0.15, 0.2) is 0 Å². The fraction of sp³-hybridized carbons (Fsp3) is 1.00. The van der Waals surface area contributed by atoms with Gasteiger partial charge in [-0.2, -0.15) is 8.42 Å². The highest BCUT2D eigenvalue weighted by Crippen LogP contribution is 1.98. The first-order chi connectivity index (χ1) is 4.45. The Kier molecular flexibility index (Phi) is 3.85. The molecule has 10 heavy (non-hydrogen) atoms. The van der Waals surface area contributed by atoms with Gasteiger partial charge in [-0.3, -0.25) is 4.55 Å². The molecule has 0 aliphatic heterocycles. The van der Waals surface area contributed by atoms with Crippen LogP contribution in [0.1, 0.15) is 19.8 Å². The predicted octanol–water partition coefficient (Wildman–Crippen LogP) is 0.0352. The molecule has 5 heteroatoms. The third-order valence-corrected chi connectivity index (χ3v) is 1.93. The Balaban J connectivity index is 3.56. The molecule has 1 atom stereocenters. The number of aliphatic hydroxyl groups excluding tert-OH is 1. The van der Waals surface area contributed by atoms with Crippen LogP contribution in [0.2, 0.25) is 0 Å². The summed E-state index contributed by atoms with van der Waals surface area (Å²) in [7, 11) is -3.89. The van der Waals surface area contributed by atoms with E-state index in [1.165, 1.54) is 0 Å². The lowest BCUT2D eigenvalue weighted by Gasteiger charge is -2.03. The minimum absolute atomic E-state index is 0.106. The van der Waals surface area contributed by atoms with Gasteiger partial charge in [0, 0.05) is 0 Å². The Hall–Kier alpha value is -0.130. The van der Waals surface area contributed by atoms with Crippen LogP contribution < -0.4 is 0 Å². The summed E-state index contributed by atoms with van der Waals surface area (Å²) in [5.41, 5.74) is 0. The summed E-state index contributed by atoms with van der Waals surface area (Å²) in [5.74, 6) is -0.359. The van der Waals surface area contributed by atoms with Crippen LogP contribution in [0.4, 0.5) is 0 Å². The van der Waals surface area contributed by atoms with Crippen molar-refractivity contribution in [3.05, 3.63) is 0 Å². The van der Waals surface area contributed by atoms with Crippen LogP contribution in [-0.2, 0) is 10.1 Å². The predicted molar refractivity (Wildman–Crippen MR) is 37.3 cm³/mol. The highest BCUT2D eigenvalue weighted by molar-refractivity contribution is 7.85. The summed E-state index contributed by atoms with van der Waals surface area (Å²) < 4.78 is 28.4. The topological polar surface area (TPSA) is 74.6 Å². The van der Waals surface area contributed by atoms with E-state index in [0.29, 0.717) is 6.42 Å². The Bertz CT molecular complexity index is 172. The van der Waals surface area contributed by atoms with E-state index in [0.717, 1.165) is 0 Å². The maximum Gasteiger partial charge on any atom is 0.264 e. The molecule has 0 aromatic rings. The molecule has 0 aromatic heterocycles. The number of hydrogen-bond acceptors (Lipinski definition) is 3. The average molecular weight is 168 g/mol. The lowest BCUT2D eigenvalue weighted by Crippen LogP contribution is -2.12. The van der Waals surface area contributed by atoms with Crippen LogP contribution in [0, 0.1) is 0 Å². The monoisotopic (exact) mass is 168 g/mol. The van der Waals surface area contributed by atoms with E-state index in [9.17, 15) is 8.42 Å². The fourth-order valence-corrected chi connectivity index (χ4v) is 1.06. The molecular weight excluding hydrogens is 156 g/mol. The third kappa shape index (κ3) is 6.00. The molecule has 1 unspecified atom stereocenters. The highest BCUT2D eigenvalue weighted by Gasteiger charge is 2.08. The molecule has 0 spiro atoms. The van der Waals surface area contributed by atoms with Gasteiger partial charge in [0.1, 0.15) is 0 Å². The first kappa shape index (κ1) is 9.87. The van der Waals surface area contributed by atoms with E-state index >= 15 is 0 Å². The van der Waals surface area contributed by atoms with Crippen molar-refractivity contribution >= 4 is 10.1 Å². The summed E-state index contributed by atoms with van der Waals surface area (Å²) in [6, 6.07) is 0. The van der Waals surface area contributed by atoms with Gasteiger partial charge < -0.3 is 5.11 Å². The van der Waals surface area contributed by atoms with Crippen molar-refractivity contribution in [3.63, 3.8) is 0 Å². The fourth-order valence-electron chi connectivity index (χ4n) is 0.489. The van der Waals surface area contributed by atoms with Gasteiger partial charge in [-0.1, -0.05) is 6.92 Å². The molecule has 62 valence electrons. The van der Waals surface area contributed by atoms with Crippen molar-refractivity contribution in [1.29, 1.82) is 0 Å². The molecule has 0 radical (unpaired) electrons. The van der Waals surface area contributed by atoms with Crippen LogP contribution in [0.25, 0.3) is 0 Å². The van der Waals surface area contributed by atoms with E-state index < -0.39 is 16.2 Å². The quantitative estimate of drug-likeness (QED) is 0.581. The van der Waals surface area contributed by atoms with E-state index in [2.05, 4.69) is 0 Å². The number of aliphatic hydroxyl groups is 1. The smallest absolute Gasteiger partial charge is 0.264 e. The zero-order valence-electron chi connectivity index (χ0n) is 5.82. The summed E-state index contributed by atoms with van der Waals surface area (Å²) in [6.45, 7) is 1.74. The molecule has 0 heterocycles. The summed E-state index contributed by atoms with van der Waals surface area (Å²) in [5, 5.41) is 8.85. The van der Waals surface area contributed by atoms with E-state index in [-0.39, 0.29) is 12.2 Å². The minimum atomic E-state index is -3.89. The van der Waals surface area contributed by atoms with Gasteiger partial charge in [0.05, 0.1) is 11.9 Å². The molecule has 0 saturated heterocycles. The van der Waals surface area contributed by atoms with E-state index in [1.807, 2.05) is 0 Å². The van der Waals surface area contributed by atoms with Crippen LogP contribution in [0.3, 0.4) is 0 Å². The molecule has 4 nitrogen and oxygen atoms in total. The molecule has 0 aliphatic carbocycles. The maximum atomic E-state index is 10.1. The molecule has 0 aromatic carbocycles. The normalized spacial score (nSPS) is 15.1. The third-order valence-electron chi connectivity index (χ3n) is 1.18. The Morgan fingerprint density at radius 2 is 2.00 bits per heavy atom. The highest BCUT2D eigenvalue weighted by atomic mass is 32.2. The lowest BCUT2D eigenvalue weighted by atomic mass is 10.2. The molecule has 0 amide bonds. The van der Waals surface area contributed by atoms with Gasteiger partial charge in [0.2, 0.25) is 0 Å². The molecule has 2 N–H and O–H groups in total.